The summed E-state index contributed by atoms with van der Waals surface area (Å²) in [5.74, 6) is 0.337. The monoisotopic (exact) mass is 1530 g/mol. The number of carbonyl (C=O) groups excluding carboxylic acids is 1. The highest BCUT2D eigenvalue weighted by Crippen LogP contribution is 2.76. The van der Waals surface area contributed by atoms with Gasteiger partial charge >= 0.3 is 5.97 Å². The Morgan fingerprint density at radius 1 is 0.574 bits per heavy atom. The number of ether oxygens (including phenoxy) is 15. The third-order valence-electron chi connectivity index (χ3n) is 27.1. The molecule has 33 atom stereocenters. The van der Waals surface area contributed by atoms with Crippen molar-refractivity contribution in [1.29, 1.82) is 0 Å². The standard InChI is InChI=1S/C58H94O25.C19H18O6/c1-23-44(80-47-40(69)34(63)27(60)21-74-47)38(67)42(71)48(76-23)79-33-13-14-55(7)30(54(33,5)6)12-15-56(8)31(55)11-10-25-26-18-53(3,4)16-17-58(26,32(62)19-57(25,56)9)52(73)83-51-46(35(64)28(61)22-75-51)82-49-43(72)39(68)45(24(2)77-49)81-50-41(70)37(66)36(65)29(20-59)78-50;1-21-12-5-4-11-6-14-13-8-17(22-2)18(23-3)9-16(13)24-10-19(14,20)25-15(11)7-12/h10,23-24,26-51,59-72H,11-22H2,1-9H3;4-9,20H,10H2,1-3H3. The van der Waals surface area contributed by atoms with Gasteiger partial charge in [0, 0.05) is 28.8 Å². The van der Waals surface area contributed by atoms with Gasteiger partial charge in [0.05, 0.1) is 65.6 Å². The molecule has 7 aliphatic heterocycles. The fraction of sp³-hybridized carbons (Fsp3) is 0.779. The van der Waals surface area contributed by atoms with Crippen molar-refractivity contribution in [3.8, 4) is 28.7 Å². The largest absolute Gasteiger partial charge is 0.497 e. The van der Waals surface area contributed by atoms with Gasteiger partial charge in [0.15, 0.2) is 49.4 Å². The van der Waals surface area contributed by atoms with E-state index in [9.17, 15) is 76.6 Å². The fourth-order valence-electron chi connectivity index (χ4n) is 20.6. The number of benzene rings is 2. The molecule has 0 amide bonds. The van der Waals surface area contributed by atoms with E-state index in [1.807, 2.05) is 18.2 Å². The highest BCUT2D eigenvalue weighted by atomic mass is 16.8. The number of fused-ring (bicyclic) bond motifs is 11. The molecule has 4 saturated carbocycles. The van der Waals surface area contributed by atoms with Gasteiger partial charge in [-0.2, -0.15) is 0 Å². The van der Waals surface area contributed by atoms with E-state index in [0.717, 1.165) is 30.4 Å². The Bertz CT molecular complexity index is 3610. The second kappa shape index (κ2) is 30.3. The molecular formula is C77H112O31. The average molecular weight is 1530 g/mol. The SMILES string of the molecule is CC1OC(OC2CCC3(C)C(CCC4(C)C3CC=C3C5CC(C)(C)CCC5(C(=O)OC5OCC(O)C(O)C5OC5OC(C)C(OC6OC(CO)C(O)C(O)C6O)C(O)C5O)C(O)CC34C)C2(C)C)C(O)C(O)C1OC1OCC(O)C(O)C1O.COc1ccc2c(c1)OC1(O)COc3cc(OC)c(OC)cc3C1=C2. The Balaban J connectivity index is 0.000000344. The molecule has 15 N–H and O–H groups in total. The van der Waals surface area contributed by atoms with E-state index >= 15 is 4.79 Å². The number of methoxy groups -OCH3 is 3. The highest BCUT2D eigenvalue weighted by Gasteiger charge is 2.72. The van der Waals surface area contributed by atoms with E-state index in [1.54, 1.807) is 46.5 Å². The smallest absolute Gasteiger partial charge is 0.317 e. The van der Waals surface area contributed by atoms with E-state index in [-0.39, 0.29) is 54.1 Å². The van der Waals surface area contributed by atoms with Crippen LogP contribution in [0.4, 0.5) is 0 Å². The topological polar surface area (TPSA) is 459 Å². The first-order valence-corrected chi connectivity index (χ1v) is 37.7. The van der Waals surface area contributed by atoms with Crippen LogP contribution in [0.15, 0.2) is 42.0 Å². The molecule has 33 unspecified atom stereocenters. The van der Waals surface area contributed by atoms with Crippen LogP contribution in [0.1, 0.15) is 131 Å². The van der Waals surface area contributed by atoms with Crippen LogP contribution in [0, 0.1) is 50.2 Å². The second-order valence-electron chi connectivity index (χ2n) is 34.1. The molecule has 2 aromatic rings. The highest BCUT2D eigenvalue weighted by molar-refractivity contribution is 5.92. The number of hydrogen-bond acceptors (Lipinski definition) is 31. The molecule has 5 saturated heterocycles. The minimum Gasteiger partial charge on any atom is -0.497 e. The summed E-state index contributed by atoms with van der Waals surface area (Å²) in [6, 6.07) is 9.00. The molecule has 2 aromatic carbocycles. The van der Waals surface area contributed by atoms with Crippen molar-refractivity contribution >= 4 is 17.6 Å². The van der Waals surface area contributed by atoms with Crippen LogP contribution in [0.25, 0.3) is 11.6 Å². The zero-order valence-corrected chi connectivity index (χ0v) is 63.1. The van der Waals surface area contributed by atoms with Crippen LogP contribution in [0.2, 0.25) is 0 Å². The molecule has 606 valence electrons. The van der Waals surface area contributed by atoms with Gasteiger partial charge in [-0.25, -0.2) is 0 Å². The molecule has 108 heavy (non-hydrogen) atoms. The third-order valence-corrected chi connectivity index (χ3v) is 27.1. The maximum atomic E-state index is 15.4. The number of rotatable bonds is 14. The van der Waals surface area contributed by atoms with Gasteiger partial charge in [-0.1, -0.05) is 60.1 Å². The first-order chi connectivity index (χ1) is 50.8. The normalized spacial score (nSPS) is 47.0. The predicted octanol–water partition coefficient (Wildman–Crippen LogP) is 0.820. The first kappa shape index (κ1) is 81.4. The molecule has 12 aliphatic rings. The molecule has 0 spiro atoms. The minimum absolute atomic E-state index is 0.0298. The maximum Gasteiger partial charge on any atom is 0.317 e. The molecule has 31 heteroatoms. The lowest BCUT2D eigenvalue weighted by atomic mass is 9.33. The van der Waals surface area contributed by atoms with Gasteiger partial charge in [0.1, 0.15) is 114 Å². The number of esters is 1. The summed E-state index contributed by atoms with van der Waals surface area (Å²) in [4.78, 5) is 15.4. The minimum atomic E-state index is -1.93. The summed E-state index contributed by atoms with van der Waals surface area (Å²) in [5, 5.41) is 163. The molecule has 0 aromatic heterocycles. The molecule has 0 radical (unpaired) electrons. The average Bonchev–Trinajstić information content (AvgIpc) is 0.670. The van der Waals surface area contributed by atoms with Crippen molar-refractivity contribution in [2.24, 2.45) is 50.2 Å². The summed E-state index contributed by atoms with van der Waals surface area (Å²) >= 11 is 0. The van der Waals surface area contributed by atoms with Crippen molar-refractivity contribution in [2.45, 2.75) is 279 Å². The van der Waals surface area contributed by atoms with E-state index in [2.05, 4.69) is 54.5 Å². The summed E-state index contributed by atoms with van der Waals surface area (Å²) in [7, 11) is 4.71. The van der Waals surface area contributed by atoms with Crippen molar-refractivity contribution in [3.05, 3.63) is 53.1 Å². The lowest BCUT2D eigenvalue weighted by Gasteiger charge is -2.71. The number of aliphatic hydroxyl groups excluding tert-OH is 14. The van der Waals surface area contributed by atoms with Crippen molar-refractivity contribution < 1.29 is 152 Å². The first-order valence-electron chi connectivity index (χ1n) is 37.7. The molecule has 5 aliphatic carbocycles. The van der Waals surface area contributed by atoms with Crippen LogP contribution in [-0.2, 0) is 52.2 Å². The van der Waals surface area contributed by atoms with E-state index < -0.39 is 201 Å². The fourth-order valence-corrected chi connectivity index (χ4v) is 20.6. The Hall–Kier alpha value is -4.57. The lowest BCUT2D eigenvalue weighted by molar-refractivity contribution is -0.374. The molecule has 14 rings (SSSR count). The molecular weight excluding hydrogens is 1420 g/mol. The summed E-state index contributed by atoms with van der Waals surface area (Å²) in [6.45, 7) is 17.2. The summed E-state index contributed by atoms with van der Waals surface area (Å²) < 4.78 is 87.1. The van der Waals surface area contributed by atoms with Crippen LogP contribution in [0.5, 0.6) is 28.7 Å². The number of aliphatic hydroxyl groups is 15. The summed E-state index contributed by atoms with van der Waals surface area (Å²) in [6.07, 6.45) is -27.3. The quantitative estimate of drug-likeness (QED) is 0.0707. The Kier molecular flexibility index (Phi) is 22.9. The van der Waals surface area contributed by atoms with Gasteiger partial charge in [0.2, 0.25) is 6.29 Å². The van der Waals surface area contributed by atoms with E-state index in [0.29, 0.717) is 65.6 Å². The van der Waals surface area contributed by atoms with E-state index in [1.165, 1.54) is 6.92 Å². The Labute approximate surface area is 627 Å². The zero-order chi connectivity index (χ0) is 78.2. The third kappa shape index (κ3) is 13.8. The molecule has 7 heterocycles. The number of carbonyl (C=O) groups is 1. The predicted molar refractivity (Wildman–Crippen MR) is 373 cm³/mol. The van der Waals surface area contributed by atoms with Crippen molar-refractivity contribution in [3.63, 3.8) is 0 Å². The van der Waals surface area contributed by atoms with Crippen LogP contribution >= 0.6 is 0 Å². The molecule has 31 nitrogen and oxygen atoms in total. The number of allylic oxidation sites excluding steroid dienone is 2. The van der Waals surface area contributed by atoms with Gasteiger partial charge in [-0.15, -0.1) is 0 Å². The van der Waals surface area contributed by atoms with E-state index in [4.69, 9.17) is 71.1 Å². The summed E-state index contributed by atoms with van der Waals surface area (Å²) in [5.41, 5.74) is -0.107. The van der Waals surface area contributed by atoms with Crippen molar-refractivity contribution in [1.82, 2.24) is 0 Å². The van der Waals surface area contributed by atoms with Gasteiger partial charge < -0.3 is 148 Å². The van der Waals surface area contributed by atoms with Crippen LogP contribution in [-0.4, -0.2) is 290 Å². The molecule has 9 fully saturated rings. The second-order valence-corrected chi connectivity index (χ2v) is 34.1. The zero-order valence-electron chi connectivity index (χ0n) is 63.1. The van der Waals surface area contributed by atoms with Gasteiger partial charge in [-0.3, -0.25) is 4.79 Å². The van der Waals surface area contributed by atoms with Crippen LogP contribution < -0.4 is 23.7 Å². The van der Waals surface area contributed by atoms with Crippen LogP contribution in [0.3, 0.4) is 0 Å². The van der Waals surface area contributed by atoms with Gasteiger partial charge in [0.25, 0.3) is 5.79 Å². The van der Waals surface area contributed by atoms with Crippen molar-refractivity contribution in [2.75, 3.05) is 47.8 Å². The maximum absolute atomic E-state index is 15.4. The lowest BCUT2D eigenvalue weighted by Crippen LogP contribution is -2.68. The Morgan fingerprint density at radius 3 is 1.81 bits per heavy atom. The number of hydrogen-bond donors (Lipinski definition) is 15. The van der Waals surface area contributed by atoms with Gasteiger partial charge in [-0.05, 0) is 141 Å². The Morgan fingerprint density at radius 2 is 1.17 bits per heavy atom. The molecule has 0 bridgehead atoms.